The molecule has 2 aromatic carbocycles. The summed E-state index contributed by atoms with van der Waals surface area (Å²) in [5, 5.41) is 2.88. The molecule has 0 aliphatic carbocycles. The molecule has 0 fully saturated rings. The lowest BCUT2D eigenvalue weighted by Gasteiger charge is -2.10. The SMILES string of the molecule is Cc1ccc(Cn2c(CNC(=O)c3ccco3)nc3ccccc32)cc1. The Hall–Kier alpha value is -3.34. The van der Waals surface area contributed by atoms with Crippen LogP contribution in [0.3, 0.4) is 0 Å². The Morgan fingerprint density at radius 3 is 2.65 bits per heavy atom. The monoisotopic (exact) mass is 345 g/mol. The second-order valence-corrected chi connectivity index (χ2v) is 6.25. The summed E-state index contributed by atoms with van der Waals surface area (Å²) in [6.45, 7) is 3.11. The number of para-hydroxylation sites is 2. The maximum absolute atomic E-state index is 12.2. The van der Waals surface area contributed by atoms with Crippen LogP contribution in [0.4, 0.5) is 0 Å². The van der Waals surface area contributed by atoms with Crippen LogP contribution in [0.1, 0.15) is 27.5 Å². The summed E-state index contributed by atoms with van der Waals surface area (Å²) in [6, 6.07) is 19.8. The number of hydrogen-bond acceptors (Lipinski definition) is 3. The molecule has 0 atom stereocenters. The van der Waals surface area contributed by atoms with Crippen LogP contribution in [0.2, 0.25) is 0 Å². The van der Waals surface area contributed by atoms with Crippen LogP contribution in [0.25, 0.3) is 11.0 Å². The smallest absolute Gasteiger partial charge is 0.287 e. The van der Waals surface area contributed by atoms with Gasteiger partial charge in [-0.1, -0.05) is 42.0 Å². The maximum atomic E-state index is 12.2. The molecule has 26 heavy (non-hydrogen) atoms. The van der Waals surface area contributed by atoms with Gasteiger partial charge in [-0.15, -0.1) is 0 Å². The largest absolute Gasteiger partial charge is 0.459 e. The molecule has 0 saturated carbocycles. The minimum atomic E-state index is -0.246. The van der Waals surface area contributed by atoms with Gasteiger partial charge in [-0.25, -0.2) is 4.98 Å². The van der Waals surface area contributed by atoms with Crippen molar-refractivity contribution in [2.24, 2.45) is 0 Å². The number of rotatable bonds is 5. The number of hydrogen-bond donors (Lipinski definition) is 1. The lowest BCUT2D eigenvalue weighted by molar-refractivity contribution is 0.0922. The van der Waals surface area contributed by atoms with Gasteiger partial charge in [0.15, 0.2) is 5.76 Å². The molecule has 0 aliphatic rings. The van der Waals surface area contributed by atoms with Gasteiger partial charge in [-0.2, -0.15) is 0 Å². The number of furan rings is 1. The van der Waals surface area contributed by atoms with E-state index in [-0.39, 0.29) is 5.91 Å². The fraction of sp³-hybridized carbons (Fsp3) is 0.143. The fourth-order valence-electron chi connectivity index (χ4n) is 2.97. The highest BCUT2D eigenvalue weighted by Gasteiger charge is 2.14. The van der Waals surface area contributed by atoms with E-state index >= 15 is 0 Å². The standard InChI is InChI=1S/C21H19N3O2/c1-15-8-10-16(11-9-15)14-24-18-6-3-2-5-17(18)23-20(24)13-22-21(25)19-7-4-12-26-19/h2-12H,13-14H2,1H3,(H,22,25). The first-order valence-corrected chi connectivity index (χ1v) is 8.52. The molecule has 2 aromatic heterocycles. The Bertz CT molecular complexity index is 1030. The summed E-state index contributed by atoms with van der Waals surface area (Å²) in [7, 11) is 0. The predicted molar refractivity (Wildman–Crippen MR) is 99.9 cm³/mol. The highest BCUT2D eigenvalue weighted by molar-refractivity contribution is 5.91. The third-order valence-electron chi connectivity index (χ3n) is 4.35. The number of nitrogens with zero attached hydrogens (tertiary/aromatic N) is 2. The van der Waals surface area contributed by atoms with Gasteiger partial charge >= 0.3 is 0 Å². The van der Waals surface area contributed by atoms with E-state index in [1.165, 1.54) is 17.4 Å². The first-order valence-electron chi connectivity index (χ1n) is 8.52. The number of carbonyl (C=O) groups is 1. The highest BCUT2D eigenvalue weighted by Crippen LogP contribution is 2.18. The third-order valence-corrected chi connectivity index (χ3v) is 4.35. The first-order chi connectivity index (χ1) is 12.7. The van der Waals surface area contributed by atoms with Crippen molar-refractivity contribution in [3.05, 3.63) is 89.6 Å². The van der Waals surface area contributed by atoms with Crippen LogP contribution >= 0.6 is 0 Å². The van der Waals surface area contributed by atoms with Crippen molar-refractivity contribution in [3.8, 4) is 0 Å². The van der Waals surface area contributed by atoms with Crippen LogP contribution in [0.5, 0.6) is 0 Å². The molecule has 130 valence electrons. The molecular formula is C21H19N3O2. The predicted octanol–water partition coefficient (Wildman–Crippen LogP) is 3.92. The number of amides is 1. The van der Waals surface area contributed by atoms with Crippen molar-refractivity contribution in [2.75, 3.05) is 0 Å². The van der Waals surface area contributed by atoms with E-state index in [0.29, 0.717) is 18.8 Å². The second kappa shape index (κ2) is 6.88. The van der Waals surface area contributed by atoms with Crippen molar-refractivity contribution in [3.63, 3.8) is 0 Å². The van der Waals surface area contributed by atoms with Crippen molar-refractivity contribution in [1.29, 1.82) is 0 Å². The number of imidazole rings is 1. The van der Waals surface area contributed by atoms with Crippen LogP contribution in [0, 0.1) is 6.92 Å². The van der Waals surface area contributed by atoms with E-state index in [4.69, 9.17) is 9.40 Å². The number of benzene rings is 2. The van der Waals surface area contributed by atoms with Crippen molar-refractivity contribution in [1.82, 2.24) is 14.9 Å². The van der Waals surface area contributed by atoms with Gasteiger partial charge in [-0.05, 0) is 36.8 Å². The summed E-state index contributed by atoms with van der Waals surface area (Å²) in [4.78, 5) is 16.9. The fourth-order valence-corrected chi connectivity index (χ4v) is 2.97. The number of aromatic nitrogens is 2. The van der Waals surface area contributed by atoms with Gasteiger partial charge in [0.05, 0.1) is 23.8 Å². The molecule has 1 amide bonds. The molecule has 5 nitrogen and oxygen atoms in total. The molecule has 0 unspecified atom stereocenters. The zero-order chi connectivity index (χ0) is 17.9. The van der Waals surface area contributed by atoms with E-state index in [9.17, 15) is 4.79 Å². The number of carbonyl (C=O) groups excluding carboxylic acids is 1. The molecular weight excluding hydrogens is 326 g/mol. The average molecular weight is 345 g/mol. The van der Waals surface area contributed by atoms with Gasteiger partial charge in [0.1, 0.15) is 5.82 Å². The molecule has 0 bridgehead atoms. The number of aryl methyl sites for hydroxylation is 1. The minimum Gasteiger partial charge on any atom is -0.459 e. The first kappa shape index (κ1) is 16.1. The quantitative estimate of drug-likeness (QED) is 0.596. The van der Waals surface area contributed by atoms with Crippen LogP contribution in [-0.2, 0) is 13.1 Å². The molecule has 5 heteroatoms. The van der Waals surface area contributed by atoms with Gasteiger partial charge in [0.25, 0.3) is 5.91 Å². The van der Waals surface area contributed by atoms with E-state index in [1.807, 2.05) is 24.3 Å². The Morgan fingerprint density at radius 2 is 1.88 bits per heavy atom. The van der Waals surface area contributed by atoms with E-state index in [2.05, 4.69) is 41.1 Å². The minimum absolute atomic E-state index is 0.246. The van der Waals surface area contributed by atoms with Gasteiger partial charge in [0.2, 0.25) is 0 Å². The van der Waals surface area contributed by atoms with Gasteiger partial charge < -0.3 is 14.3 Å². The van der Waals surface area contributed by atoms with Gasteiger partial charge in [0, 0.05) is 6.54 Å². The number of fused-ring (bicyclic) bond motifs is 1. The van der Waals surface area contributed by atoms with Crippen LogP contribution < -0.4 is 5.32 Å². The Balaban J connectivity index is 1.63. The van der Waals surface area contributed by atoms with Crippen molar-refractivity contribution in [2.45, 2.75) is 20.0 Å². The lowest BCUT2D eigenvalue weighted by Crippen LogP contribution is -2.24. The second-order valence-electron chi connectivity index (χ2n) is 6.25. The van der Waals surface area contributed by atoms with Crippen molar-refractivity contribution >= 4 is 16.9 Å². The molecule has 0 aliphatic heterocycles. The lowest BCUT2D eigenvalue weighted by atomic mass is 10.1. The molecule has 4 aromatic rings. The third kappa shape index (κ3) is 3.24. The molecule has 0 radical (unpaired) electrons. The number of nitrogens with one attached hydrogen (secondary N) is 1. The molecule has 1 N–H and O–H groups in total. The summed E-state index contributed by atoms with van der Waals surface area (Å²) < 4.78 is 7.28. The molecule has 4 rings (SSSR count). The molecule has 2 heterocycles. The summed E-state index contributed by atoms with van der Waals surface area (Å²) in [6.07, 6.45) is 1.49. The van der Waals surface area contributed by atoms with Crippen LogP contribution in [0.15, 0.2) is 71.3 Å². The summed E-state index contributed by atoms with van der Waals surface area (Å²) >= 11 is 0. The normalized spacial score (nSPS) is 11.0. The van der Waals surface area contributed by atoms with E-state index < -0.39 is 0 Å². The summed E-state index contributed by atoms with van der Waals surface area (Å²) in [5.74, 6) is 0.863. The topological polar surface area (TPSA) is 60.1 Å². The maximum Gasteiger partial charge on any atom is 0.287 e. The Kier molecular flexibility index (Phi) is 4.27. The highest BCUT2D eigenvalue weighted by atomic mass is 16.3. The van der Waals surface area contributed by atoms with Crippen LogP contribution in [-0.4, -0.2) is 15.5 Å². The molecule has 0 spiro atoms. The molecule has 0 saturated heterocycles. The Morgan fingerprint density at radius 1 is 1.08 bits per heavy atom. The zero-order valence-electron chi connectivity index (χ0n) is 14.5. The zero-order valence-corrected chi connectivity index (χ0v) is 14.5. The van der Waals surface area contributed by atoms with Crippen molar-refractivity contribution < 1.29 is 9.21 Å². The van der Waals surface area contributed by atoms with E-state index in [1.54, 1.807) is 12.1 Å². The Labute approximate surface area is 151 Å². The average Bonchev–Trinajstić information content (AvgIpc) is 3.30. The van der Waals surface area contributed by atoms with Gasteiger partial charge in [-0.3, -0.25) is 4.79 Å². The van der Waals surface area contributed by atoms with E-state index in [0.717, 1.165) is 16.9 Å². The summed E-state index contributed by atoms with van der Waals surface area (Å²) in [5.41, 5.74) is 4.39.